The van der Waals surface area contributed by atoms with Crippen LogP contribution in [0.2, 0.25) is 0 Å². The van der Waals surface area contributed by atoms with E-state index in [0.717, 1.165) is 102 Å². The minimum atomic E-state index is -0.635. The molecule has 11 rings (SSSR count). The Kier molecular flexibility index (Phi) is 16.9. The number of halogens is 1. The zero-order chi connectivity index (χ0) is 57.2. The molecular weight excluding hydrogens is 1060 g/mol. The van der Waals surface area contributed by atoms with Gasteiger partial charge in [0.05, 0.1) is 27.5 Å². The number of pyridine rings is 1. The number of phenolic OH excluding ortho intramolecular Hbond substituents is 1. The predicted octanol–water partition coefficient (Wildman–Crippen LogP) is 10.5. The smallest absolute Gasteiger partial charge is 0.409 e. The number of aryl methyl sites for hydroxylation is 2. The van der Waals surface area contributed by atoms with Crippen molar-refractivity contribution in [1.29, 1.82) is 0 Å². The van der Waals surface area contributed by atoms with E-state index in [1.165, 1.54) is 0 Å². The van der Waals surface area contributed by atoms with Crippen LogP contribution in [0.15, 0.2) is 76.9 Å². The van der Waals surface area contributed by atoms with Gasteiger partial charge in [-0.2, -0.15) is 9.97 Å². The molecule has 8 heterocycles. The van der Waals surface area contributed by atoms with Crippen LogP contribution in [-0.4, -0.2) is 147 Å². The highest BCUT2D eigenvalue weighted by Crippen LogP contribution is 2.40. The van der Waals surface area contributed by atoms with Gasteiger partial charge in [0.1, 0.15) is 48.0 Å². The summed E-state index contributed by atoms with van der Waals surface area (Å²) in [6, 6.07) is 18.3. The third-order valence-electron chi connectivity index (χ3n) is 17.3. The molecule has 2 N–H and O–H groups in total. The van der Waals surface area contributed by atoms with E-state index < -0.39 is 17.8 Å². The van der Waals surface area contributed by atoms with Crippen molar-refractivity contribution in [3.8, 4) is 33.5 Å². The maximum absolute atomic E-state index is 17.1. The van der Waals surface area contributed by atoms with E-state index in [1.807, 2.05) is 81.6 Å². The van der Waals surface area contributed by atoms with E-state index in [4.69, 9.17) is 28.9 Å². The SMILES string of the molecule is CCc1cccc2cc(O)cc(-c3ncc4c(N5CCCCCC5)nc(OCC5CC[C@@H](COC(=O)N6CCN(c7cc([C@H](C(=O)N8CCC[C@H]8C(=O)N[C@@H](C)c8ccc(-c9scnc9C)cc8)C(C)C)on7)CC6)N5C)nc4c3F)c12. The van der Waals surface area contributed by atoms with Gasteiger partial charge in [-0.1, -0.05) is 81.2 Å². The number of ether oxygens (including phenoxy) is 2. The van der Waals surface area contributed by atoms with Gasteiger partial charge in [-0.15, -0.1) is 11.3 Å². The van der Waals surface area contributed by atoms with E-state index in [9.17, 15) is 19.5 Å². The van der Waals surface area contributed by atoms with Gasteiger partial charge >= 0.3 is 12.1 Å². The largest absolute Gasteiger partial charge is 0.508 e. The molecule has 0 bridgehead atoms. The molecule has 4 aliphatic rings. The van der Waals surface area contributed by atoms with E-state index >= 15 is 4.39 Å². The number of fused-ring (bicyclic) bond motifs is 2. The van der Waals surface area contributed by atoms with Gasteiger partial charge < -0.3 is 44.0 Å². The first-order valence-corrected chi connectivity index (χ1v) is 30.1. The first kappa shape index (κ1) is 56.4. The molecule has 0 aliphatic carbocycles. The predicted molar refractivity (Wildman–Crippen MR) is 315 cm³/mol. The van der Waals surface area contributed by atoms with Crippen molar-refractivity contribution >= 4 is 62.6 Å². The number of piperazine rings is 1. The van der Waals surface area contributed by atoms with Gasteiger partial charge in [-0.25, -0.2) is 14.2 Å². The number of hydrogen-bond donors (Lipinski definition) is 2. The van der Waals surface area contributed by atoms with Crippen LogP contribution in [0.4, 0.5) is 20.8 Å². The number of phenols is 1. The second kappa shape index (κ2) is 24.6. The summed E-state index contributed by atoms with van der Waals surface area (Å²) in [6.07, 6.45) is 9.07. The van der Waals surface area contributed by atoms with Crippen LogP contribution in [0.5, 0.6) is 11.8 Å². The standard InChI is InChI=1S/C62H74FN11O7S/c1-7-40-14-12-15-43-30-46(75)31-47(53(40)43)55-54(63)56-48(33-64-55)58(72-23-10-8-9-11-24-72)68-61(67-56)79-34-44-21-22-45(70(44)6)35-80-62(78)73-28-26-71(27-29-73)51-32-50(81-69-51)52(37(2)3)60(77)74-25-13-16-49(74)59(76)66-38(4)41-17-19-42(20-18-41)57-39(5)65-36-82-57/h12,14-15,17-20,30-33,36-38,44-45,49,52,75H,7-11,13,16,21-29,34-35H2,1-6H3,(H,66,76)/t38-,44?,45-,49-,52+/m0/s1. The fraction of sp³-hybridized carbons (Fsp3) is 0.484. The lowest BCUT2D eigenvalue weighted by atomic mass is 9.91. The minimum absolute atomic E-state index is 0.0248. The molecule has 18 nitrogen and oxygen atoms in total. The summed E-state index contributed by atoms with van der Waals surface area (Å²) in [5.74, 6) is -0.0234. The van der Waals surface area contributed by atoms with E-state index in [1.54, 1.807) is 39.5 Å². The zero-order valence-corrected chi connectivity index (χ0v) is 48.6. The molecule has 0 spiro atoms. The highest BCUT2D eigenvalue weighted by molar-refractivity contribution is 7.13. The third kappa shape index (κ3) is 11.7. The highest BCUT2D eigenvalue weighted by atomic mass is 32.1. The van der Waals surface area contributed by atoms with Crippen molar-refractivity contribution in [3.63, 3.8) is 0 Å². The number of anilines is 2. The quantitative estimate of drug-likeness (QED) is 0.0927. The average molecular weight is 1140 g/mol. The van der Waals surface area contributed by atoms with Crippen molar-refractivity contribution in [3.05, 3.63) is 101 Å². The Hall–Kier alpha value is -7.45. The van der Waals surface area contributed by atoms with Crippen LogP contribution in [0, 0.1) is 18.7 Å². The number of benzene rings is 3. The second-order valence-electron chi connectivity index (χ2n) is 22.8. The van der Waals surface area contributed by atoms with Crippen molar-refractivity contribution < 1.29 is 37.9 Å². The number of thiazole rings is 1. The van der Waals surface area contributed by atoms with E-state index in [2.05, 4.69) is 44.3 Å². The van der Waals surface area contributed by atoms with E-state index in [-0.39, 0.29) is 78.1 Å². The maximum Gasteiger partial charge on any atom is 0.409 e. The topological polar surface area (TPSA) is 196 Å². The Morgan fingerprint density at radius 3 is 2.34 bits per heavy atom. The lowest BCUT2D eigenvalue weighted by molar-refractivity contribution is -0.141. The monoisotopic (exact) mass is 1140 g/mol. The number of nitrogens with one attached hydrogen (secondary N) is 1. The summed E-state index contributed by atoms with van der Waals surface area (Å²) in [5, 5.41) is 20.5. The first-order valence-electron chi connectivity index (χ1n) is 29.2. The Morgan fingerprint density at radius 2 is 1.62 bits per heavy atom. The number of hydrogen-bond acceptors (Lipinski definition) is 16. The summed E-state index contributed by atoms with van der Waals surface area (Å²) >= 11 is 1.60. The van der Waals surface area contributed by atoms with Crippen molar-refractivity contribution in [2.75, 3.05) is 75.9 Å². The number of aromatic hydroxyl groups is 1. The Balaban J connectivity index is 0.682. The number of likely N-dealkylation sites (tertiary alicyclic amines) is 2. The Bertz CT molecular complexity index is 3430. The average Bonchev–Trinajstić information content (AvgIpc) is 4.30. The molecule has 0 radical (unpaired) electrons. The van der Waals surface area contributed by atoms with Crippen LogP contribution < -0.4 is 19.9 Å². The molecule has 1 unspecified atom stereocenters. The molecule has 4 aliphatic heterocycles. The number of amides is 3. The summed E-state index contributed by atoms with van der Waals surface area (Å²) in [6.45, 7) is 14.3. The molecule has 3 amide bonds. The molecule has 82 heavy (non-hydrogen) atoms. The molecule has 4 fully saturated rings. The molecule has 3 aromatic carbocycles. The van der Waals surface area contributed by atoms with Crippen molar-refractivity contribution in [2.24, 2.45) is 5.92 Å². The number of carbonyl (C=O) groups is 3. The molecule has 4 aromatic heterocycles. The number of aromatic nitrogens is 5. The summed E-state index contributed by atoms with van der Waals surface area (Å²) in [4.78, 5) is 71.4. The third-order valence-corrected chi connectivity index (χ3v) is 18.2. The Labute approximate surface area is 482 Å². The van der Waals surface area contributed by atoms with Crippen LogP contribution in [0.3, 0.4) is 0 Å². The number of rotatable bonds is 16. The van der Waals surface area contributed by atoms with Crippen LogP contribution >= 0.6 is 11.3 Å². The fourth-order valence-electron chi connectivity index (χ4n) is 12.5. The lowest BCUT2D eigenvalue weighted by Crippen LogP contribution is -2.49. The first-order chi connectivity index (χ1) is 39.7. The van der Waals surface area contributed by atoms with Gasteiger partial charge in [0.15, 0.2) is 17.4 Å². The van der Waals surface area contributed by atoms with Crippen LogP contribution in [-0.2, 0) is 20.7 Å². The summed E-state index contributed by atoms with van der Waals surface area (Å²) < 4.78 is 35.4. The normalized spacial score (nSPS) is 19.7. The van der Waals surface area contributed by atoms with Gasteiger partial charge in [-0.3, -0.25) is 19.5 Å². The molecule has 20 heteroatoms. The van der Waals surface area contributed by atoms with Crippen LogP contribution in [0.1, 0.15) is 114 Å². The van der Waals surface area contributed by atoms with Crippen molar-refractivity contribution in [2.45, 2.75) is 122 Å². The molecule has 7 aromatic rings. The molecule has 0 saturated carbocycles. The lowest BCUT2D eigenvalue weighted by Gasteiger charge is -2.34. The molecule has 4 saturated heterocycles. The number of likely N-dealkylation sites (N-methyl/N-ethyl adjacent to an activating group) is 1. The molecule has 5 atom stereocenters. The van der Waals surface area contributed by atoms with Gasteiger partial charge in [0.2, 0.25) is 11.8 Å². The number of nitrogens with zero attached hydrogens (tertiary/aromatic N) is 10. The van der Waals surface area contributed by atoms with Crippen molar-refractivity contribution in [1.82, 2.24) is 45.1 Å². The number of carbonyl (C=O) groups excluding carboxylic acids is 3. The second-order valence-corrected chi connectivity index (χ2v) is 23.7. The van der Waals surface area contributed by atoms with Crippen LogP contribution in [0.25, 0.3) is 43.4 Å². The van der Waals surface area contributed by atoms with Gasteiger partial charge in [-0.05, 0) is 111 Å². The molecular formula is C62H74FN11O7S. The summed E-state index contributed by atoms with van der Waals surface area (Å²) in [7, 11) is 2.00. The Morgan fingerprint density at radius 1 is 0.866 bits per heavy atom. The zero-order valence-electron chi connectivity index (χ0n) is 47.8. The summed E-state index contributed by atoms with van der Waals surface area (Å²) in [5.41, 5.74) is 6.64. The van der Waals surface area contributed by atoms with E-state index in [0.29, 0.717) is 67.5 Å². The highest BCUT2D eigenvalue weighted by Gasteiger charge is 2.41. The molecule has 432 valence electrons. The van der Waals surface area contributed by atoms with Gasteiger partial charge in [0.25, 0.3) is 0 Å². The fourth-order valence-corrected chi connectivity index (χ4v) is 13.3. The maximum atomic E-state index is 17.1. The van der Waals surface area contributed by atoms with Gasteiger partial charge in [0, 0.05) is 75.7 Å². The minimum Gasteiger partial charge on any atom is -0.508 e.